The van der Waals surface area contributed by atoms with Gasteiger partial charge in [0.15, 0.2) is 0 Å². The van der Waals surface area contributed by atoms with Crippen molar-refractivity contribution in [1.82, 2.24) is 57.8 Å². The van der Waals surface area contributed by atoms with Crippen molar-refractivity contribution in [2.45, 2.75) is 194 Å². The smallest absolute Gasteiger partial charge is 0.326 e. The molecule has 446 valence electrons. The highest BCUT2D eigenvalue weighted by molar-refractivity contribution is 5.99. The Morgan fingerprint density at radius 1 is 0.532 bits per heavy atom. The predicted octanol–water partition coefficient (Wildman–Crippen LogP) is -1.72. The fourth-order valence-electron chi connectivity index (χ4n) is 7.86. The van der Waals surface area contributed by atoms with Gasteiger partial charge in [-0.05, 0) is 68.7 Å². The molecule has 1 heterocycles. The summed E-state index contributed by atoms with van der Waals surface area (Å²) in [6, 6.07) is -13.8. The molecule has 0 fully saturated rings. The van der Waals surface area contributed by atoms with Gasteiger partial charge in [0.1, 0.15) is 54.4 Å². The zero-order valence-corrected chi connectivity index (χ0v) is 47.2. The number of amides is 9. The number of hydrogen-bond acceptors (Lipinski definition) is 15. The Morgan fingerprint density at radius 3 is 1.49 bits per heavy atom. The van der Waals surface area contributed by atoms with Gasteiger partial charge >= 0.3 is 17.9 Å². The number of unbranched alkanes of at least 4 members (excludes halogenated alkanes) is 1. The largest absolute Gasteiger partial charge is 0.481 e. The first-order chi connectivity index (χ1) is 36.8. The minimum absolute atomic E-state index is 0.120. The third-order valence-electron chi connectivity index (χ3n) is 12.8. The predicted molar refractivity (Wildman–Crippen MR) is 286 cm³/mol. The van der Waals surface area contributed by atoms with E-state index in [1.807, 2.05) is 13.8 Å². The van der Waals surface area contributed by atoms with Crippen LogP contribution < -0.4 is 59.3 Å². The Hall–Kier alpha value is -7.23. The minimum Gasteiger partial charge on any atom is -0.481 e. The standard InChI is InChI=1S/C51H87N13O15/c1-12-28(10)41(50(77)62-38(25(4)5)48(75)57-32(16-17-36(65)66)44(71)61-39(26(6)7)49(76)63-40(27(8)9)51(78)79)64-42(69)29(11)56-45(72)35(21-37(67)68)60-47(74)34(20-30-22-54-23-55-30)59-46(73)33(19-24(2)3)58-43(70)31(53)15-13-14-18-52/h22-29,31-35,38-41H,12-21,52-53H2,1-11H3,(H,54,55)(H,56,72)(H,57,75)(H,58,70)(H,59,73)(H,60,74)(H,61,71)(H,62,77)(H,63,76)(H,64,69)(H,65,66)(H,67,68)(H,78,79)/t28-,29-,31-,32-,33-,34-,35-,38-,39-,40-,41-/m0/s1. The second-order valence-corrected chi connectivity index (χ2v) is 21.2. The van der Waals surface area contributed by atoms with Gasteiger partial charge in [0.05, 0.1) is 18.8 Å². The summed E-state index contributed by atoms with van der Waals surface area (Å²) in [5.41, 5.74) is 12.0. The number of H-pyrrole nitrogens is 1. The number of rotatable bonds is 37. The van der Waals surface area contributed by atoms with Crippen molar-refractivity contribution < 1.29 is 72.9 Å². The molecule has 1 aromatic heterocycles. The number of nitrogens with zero attached hydrogens (tertiary/aromatic N) is 1. The summed E-state index contributed by atoms with van der Waals surface area (Å²) >= 11 is 0. The highest BCUT2D eigenvalue weighted by Crippen LogP contribution is 2.14. The van der Waals surface area contributed by atoms with Crippen molar-refractivity contribution in [3.63, 3.8) is 0 Å². The topological polar surface area (TPSA) is 455 Å². The van der Waals surface area contributed by atoms with Gasteiger partial charge in [-0.15, -0.1) is 0 Å². The number of carboxylic acid groups (broad SMARTS) is 3. The van der Waals surface area contributed by atoms with Gasteiger partial charge in [-0.1, -0.05) is 82.1 Å². The molecular weight excluding hydrogens is 1030 g/mol. The Morgan fingerprint density at radius 2 is 1.00 bits per heavy atom. The molecule has 28 heteroatoms. The zero-order chi connectivity index (χ0) is 60.4. The number of nitrogens with two attached hydrogens (primary N) is 2. The lowest BCUT2D eigenvalue weighted by molar-refractivity contribution is -0.144. The van der Waals surface area contributed by atoms with Gasteiger partial charge < -0.3 is 79.6 Å². The molecule has 0 aliphatic rings. The molecule has 0 unspecified atom stereocenters. The Balaban J connectivity index is 3.38. The second kappa shape index (κ2) is 34.6. The normalized spacial score (nSPS) is 15.6. The lowest BCUT2D eigenvalue weighted by atomic mass is 9.96. The molecule has 9 amide bonds. The number of carboxylic acids is 3. The molecule has 0 saturated heterocycles. The number of aliphatic carboxylic acids is 3. The highest BCUT2D eigenvalue weighted by atomic mass is 16.4. The Kier molecular flexibility index (Phi) is 30.6. The van der Waals surface area contributed by atoms with Crippen LogP contribution in [0, 0.1) is 29.6 Å². The quantitative estimate of drug-likeness (QED) is 0.0329. The molecule has 0 aliphatic heterocycles. The summed E-state index contributed by atoms with van der Waals surface area (Å²) < 4.78 is 0. The molecule has 1 rings (SSSR count). The molecule has 11 atom stereocenters. The molecule has 0 aromatic carbocycles. The van der Waals surface area contributed by atoms with Crippen LogP contribution in [0.1, 0.15) is 133 Å². The molecule has 0 saturated carbocycles. The van der Waals surface area contributed by atoms with Crippen molar-refractivity contribution in [2.24, 2.45) is 41.1 Å². The average molecular weight is 1120 g/mol. The third kappa shape index (κ3) is 25.0. The van der Waals surface area contributed by atoms with E-state index < -0.39 is 174 Å². The van der Waals surface area contributed by atoms with Gasteiger partial charge in [-0.2, -0.15) is 0 Å². The first-order valence-corrected chi connectivity index (χ1v) is 26.7. The number of aromatic amines is 1. The summed E-state index contributed by atoms with van der Waals surface area (Å²) in [5, 5.41) is 51.3. The summed E-state index contributed by atoms with van der Waals surface area (Å²) in [4.78, 5) is 166. The van der Waals surface area contributed by atoms with Gasteiger partial charge in [0.25, 0.3) is 0 Å². The lowest BCUT2D eigenvalue weighted by Gasteiger charge is -2.30. The van der Waals surface area contributed by atoms with Crippen LogP contribution in [0.4, 0.5) is 0 Å². The van der Waals surface area contributed by atoms with E-state index in [0.717, 1.165) is 0 Å². The van der Waals surface area contributed by atoms with E-state index in [0.29, 0.717) is 37.9 Å². The number of hydrogen-bond donors (Lipinski definition) is 15. The van der Waals surface area contributed by atoms with E-state index in [1.54, 1.807) is 55.4 Å². The molecular formula is C51H87N13O15. The number of carbonyl (C=O) groups excluding carboxylic acids is 9. The maximum atomic E-state index is 14.1. The summed E-state index contributed by atoms with van der Waals surface area (Å²) in [5.74, 6) is -14.8. The Labute approximate surface area is 460 Å². The average Bonchev–Trinajstić information content (AvgIpc) is 3.88. The Bertz CT molecular complexity index is 2230. The van der Waals surface area contributed by atoms with Crippen molar-refractivity contribution in [1.29, 1.82) is 0 Å². The molecule has 0 radical (unpaired) electrons. The van der Waals surface area contributed by atoms with Crippen LogP contribution in [0.15, 0.2) is 12.5 Å². The van der Waals surface area contributed by atoms with Crippen molar-refractivity contribution in [3.8, 4) is 0 Å². The molecule has 0 aliphatic carbocycles. The number of aromatic nitrogens is 2. The fraction of sp³-hybridized carbons (Fsp3) is 0.706. The summed E-state index contributed by atoms with van der Waals surface area (Å²) in [6.07, 6.45) is 2.36. The number of carbonyl (C=O) groups is 12. The van der Waals surface area contributed by atoms with E-state index in [2.05, 4.69) is 57.8 Å². The maximum absolute atomic E-state index is 14.1. The van der Waals surface area contributed by atoms with Gasteiger partial charge in [-0.25, -0.2) is 9.78 Å². The first kappa shape index (κ1) is 69.8. The number of imidazole rings is 1. The van der Waals surface area contributed by atoms with Gasteiger partial charge in [0, 0.05) is 24.7 Å². The van der Waals surface area contributed by atoms with Crippen molar-refractivity contribution in [2.75, 3.05) is 6.54 Å². The van der Waals surface area contributed by atoms with Crippen molar-refractivity contribution in [3.05, 3.63) is 18.2 Å². The number of nitrogens with one attached hydrogen (secondary N) is 10. The molecule has 17 N–H and O–H groups in total. The van der Waals surface area contributed by atoms with Crippen LogP contribution in [0.25, 0.3) is 0 Å². The van der Waals surface area contributed by atoms with E-state index in [-0.39, 0.29) is 18.8 Å². The van der Waals surface area contributed by atoms with Crippen LogP contribution in [-0.4, -0.2) is 163 Å². The van der Waals surface area contributed by atoms with Gasteiger partial charge in [0.2, 0.25) is 53.2 Å². The monoisotopic (exact) mass is 1120 g/mol. The molecule has 1 aromatic rings. The highest BCUT2D eigenvalue weighted by Gasteiger charge is 2.38. The summed E-state index contributed by atoms with van der Waals surface area (Å²) in [7, 11) is 0. The van der Waals surface area contributed by atoms with Crippen LogP contribution in [0.5, 0.6) is 0 Å². The van der Waals surface area contributed by atoms with E-state index in [9.17, 15) is 72.9 Å². The maximum Gasteiger partial charge on any atom is 0.326 e. The molecule has 0 bridgehead atoms. The van der Waals surface area contributed by atoms with E-state index in [4.69, 9.17) is 11.5 Å². The second-order valence-electron chi connectivity index (χ2n) is 21.2. The minimum atomic E-state index is -1.83. The molecule has 79 heavy (non-hydrogen) atoms. The third-order valence-corrected chi connectivity index (χ3v) is 12.8. The first-order valence-electron chi connectivity index (χ1n) is 26.7. The van der Waals surface area contributed by atoms with Crippen molar-refractivity contribution >= 4 is 71.1 Å². The van der Waals surface area contributed by atoms with Gasteiger partial charge in [-0.3, -0.25) is 52.7 Å². The molecule has 28 nitrogen and oxygen atoms in total. The fourth-order valence-corrected chi connectivity index (χ4v) is 7.86. The lowest BCUT2D eigenvalue weighted by Crippen LogP contribution is -2.62. The van der Waals surface area contributed by atoms with Crippen LogP contribution in [0.3, 0.4) is 0 Å². The van der Waals surface area contributed by atoms with Crippen LogP contribution >= 0.6 is 0 Å². The molecule has 0 spiro atoms. The summed E-state index contributed by atoms with van der Waals surface area (Å²) in [6.45, 7) is 18.0. The van der Waals surface area contributed by atoms with E-state index >= 15 is 0 Å². The van der Waals surface area contributed by atoms with Crippen LogP contribution in [0.2, 0.25) is 0 Å². The van der Waals surface area contributed by atoms with E-state index in [1.165, 1.54) is 19.4 Å². The zero-order valence-electron chi connectivity index (χ0n) is 47.2. The van der Waals surface area contributed by atoms with Crippen LogP contribution in [-0.2, 0) is 64.0 Å². The SMILES string of the molecule is CC[C@H](C)[C@H](NC(=O)[C@H](C)NC(=O)[C@H](CC(=O)O)NC(=O)[C@H](Cc1cnc[nH]1)NC(=O)[C@H](CC(C)C)NC(=O)[C@@H](N)CCCCN)C(=O)N[C@H](C(=O)N[C@@H](CCC(=O)O)C(=O)N[C@H](C(=O)N[C@H](C(=O)O)C(C)C)C(C)C)C(C)C.